The second kappa shape index (κ2) is 6.43. The zero-order valence-electron chi connectivity index (χ0n) is 9.34. The quantitative estimate of drug-likeness (QED) is 0.640. The molecule has 0 aliphatic heterocycles. The van der Waals surface area contributed by atoms with E-state index in [-0.39, 0.29) is 24.3 Å². The molecule has 0 aromatic rings. The topological polar surface area (TPSA) is 58.2 Å². The molecule has 0 heterocycles. The summed E-state index contributed by atoms with van der Waals surface area (Å²) in [5.41, 5.74) is 0. The molecule has 0 radical (unpaired) electrons. The van der Waals surface area contributed by atoms with Gasteiger partial charge in [-0.15, -0.1) is 0 Å². The molecule has 0 bridgehead atoms. The molecule has 4 heteroatoms. The maximum absolute atomic E-state index is 11.4. The molecule has 4 nitrogen and oxygen atoms in total. The van der Waals surface area contributed by atoms with Crippen LogP contribution in [0.4, 0.5) is 0 Å². The van der Waals surface area contributed by atoms with Crippen LogP contribution in [0.2, 0.25) is 0 Å². The van der Waals surface area contributed by atoms with Gasteiger partial charge in [-0.2, -0.15) is 0 Å². The van der Waals surface area contributed by atoms with Crippen molar-refractivity contribution in [1.29, 1.82) is 0 Å². The zero-order chi connectivity index (χ0) is 11.1. The van der Waals surface area contributed by atoms with Crippen molar-refractivity contribution in [3.63, 3.8) is 0 Å². The van der Waals surface area contributed by atoms with Crippen molar-refractivity contribution in [3.8, 4) is 0 Å². The average molecular weight is 212 g/mol. The number of carbonyl (C=O) groups excluding carboxylic acids is 2. The summed E-state index contributed by atoms with van der Waals surface area (Å²) in [6.07, 6.45) is 5.14. The molecular weight excluding hydrogens is 192 g/mol. The van der Waals surface area contributed by atoms with Crippen molar-refractivity contribution < 1.29 is 9.59 Å². The van der Waals surface area contributed by atoms with Gasteiger partial charge >= 0.3 is 0 Å². The van der Waals surface area contributed by atoms with Crippen LogP contribution in [0.5, 0.6) is 0 Å². The largest absolute Gasteiger partial charge is 0.355 e. The molecule has 15 heavy (non-hydrogen) atoms. The Morgan fingerprint density at radius 3 is 2.53 bits per heavy atom. The van der Waals surface area contributed by atoms with E-state index in [1.165, 1.54) is 0 Å². The third-order valence-electron chi connectivity index (χ3n) is 2.75. The van der Waals surface area contributed by atoms with Gasteiger partial charge < -0.3 is 10.6 Å². The predicted octanol–water partition coefficient (Wildman–Crippen LogP) is 0.819. The summed E-state index contributed by atoms with van der Waals surface area (Å²) in [5, 5.41) is 5.42. The van der Waals surface area contributed by atoms with Crippen LogP contribution < -0.4 is 10.6 Å². The van der Waals surface area contributed by atoms with Gasteiger partial charge in [0.05, 0.1) is 6.54 Å². The number of unbranched alkanes of at least 4 members (excludes halogenated alkanes) is 1. The predicted molar refractivity (Wildman–Crippen MR) is 58.3 cm³/mol. The molecule has 0 atom stereocenters. The highest BCUT2D eigenvalue weighted by atomic mass is 16.2. The van der Waals surface area contributed by atoms with E-state index in [2.05, 4.69) is 17.6 Å². The first kappa shape index (κ1) is 12.0. The van der Waals surface area contributed by atoms with Gasteiger partial charge in [-0.25, -0.2) is 0 Å². The minimum atomic E-state index is -0.0869. The van der Waals surface area contributed by atoms with Crippen molar-refractivity contribution in [2.75, 3.05) is 13.1 Å². The van der Waals surface area contributed by atoms with Crippen LogP contribution in [0.3, 0.4) is 0 Å². The van der Waals surface area contributed by atoms with Gasteiger partial charge in [0.25, 0.3) is 0 Å². The fraction of sp³-hybridized carbons (Fsp3) is 0.818. The zero-order valence-corrected chi connectivity index (χ0v) is 9.34. The molecule has 0 saturated heterocycles. The summed E-state index contributed by atoms with van der Waals surface area (Å²) < 4.78 is 0. The van der Waals surface area contributed by atoms with E-state index in [0.717, 1.165) is 32.1 Å². The lowest BCUT2D eigenvalue weighted by atomic mass is 9.85. The minimum absolute atomic E-state index is 0.0342. The first-order valence-corrected chi connectivity index (χ1v) is 5.78. The van der Waals surface area contributed by atoms with Crippen molar-refractivity contribution in [3.05, 3.63) is 0 Å². The van der Waals surface area contributed by atoms with Gasteiger partial charge in [-0.3, -0.25) is 9.59 Å². The molecule has 0 aromatic heterocycles. The Balaban J connectivity index is 2.02. The first-order valence-electron chi connectivity index (χ1n) is 5.78. The van der Waals surface area contributed by atoms with Crippen LogP contribution in [0.15, 0.2) is 0 Å². The Bertz CT molecular complexity index is 225. The molecule has 1 saturated carbocycles. The van der Waals surface area contributed by atoms with Gasteiger partial charge in [-0.1, -0.05) is 19.8 Å². The number of amides is 2. The normalized spacial score (nSPS) is 15.5. The molecule has 0 unspecified atom stereocenters. The number of carbonyl (C=O) groups is 2. The summed E-state index contributed by atoms with van der Waals surface area (Å²) in [6.45, 7) is 2.90. The van der Waals surface area contributed by atoms with Crippen molar-refractivity contribution >= 4 is 11.8 Å². The lowest BCUT2D eigenvalue weighted by Gasteiger charge is -2.23. The summed E-state index contributed by atoms with van der Waals surface area (Å²) in [5.74, 6) is 0.108. The van der Waals surface area contributed by atoms with E-state index in [1.807, 2.05) is 0 Å². The second-order valence-corrected chi connectivity index (χ2v) is 4.05. The van der Waals surface area contributed by atoms with E-state index < -0.39 is 0 Å². The molecule has 1 aliphatic rings. The fourth-order valence-corrected chi connectivity index (χ4v) is 1.45. The van der Waals surface area contributed by atoms with Gasteiger partial charge in [0.2, 0.25) is 11.8 Å². The monoisotopic (exact) mass is 212 g/mol. The second-order valence-electron chi connectivity index (χ2n) is 4.05. The van der Waals surface area contributed by atoms with Gasteiger partial charge in [0.1, 0.15) is 0 Å². The number of rotatable bonds is 6. The Hall–Kier alpha value is -1.06. The highest BCUT2D eigenvalue weighted by Gasteiger charge is 2.24. The summed E-state index contributed by atoms with van der Waals surface area (Å²) in [7, 11) is 0. The van der Waals surface area contributed by atoms with Crippen molar-refractivity contribution in [1.82, 2.24) is 10.6 Å². The maximum atomic E-state index is 11.4. The molecule has 0 aromatic carbocycles. The molecule has 2 N–H and O–H groups in total. The molecule has 1 aliphatic carbocycles. The average Bonchev–Trinajstić information content (AvgIpc) is 2.12. The Kier molecular flexibility index (Phi) is 5.15. The number of hydrogen-bond acceptors (Lipinski definition) is 2. The maximum Gasteiger partial charge on any atom is 0.239 e. The smallest absolute Gasteiger partial charge is 0.239 e. The van der Waals surface area contributed by atoms with E-state index >= 15 is 0 Å². The fourth-order valence-electron chi connectivity index (χ4n) is 1.45. The Labute approximate surface area is 90.8 Å². The Morgan fingerprint density at radius 1 is 1.27 bits per heavy atom. The van der Waals surface area contributed by atoms with Gasteiger partial charge in [0.15, 0.2) is 0 Å². The van der Waals surface area contributed by atoms with Crippen LogP contribution in [-0.2, 0) is 9.59 Å². The third kappa shape index (κ3) is 4.32. The molecule has 2 amide bonds. The SMILES string of the molecule is CCCCNC(=O)CNC(=O)C1CCC1. The highest BCUT2D eigenvalue weighted by molar-refractivity contribution is 5.86. The van der Waals surface area contributed by atoms with Crippen molar-refractivity contribution in [2.24, 2.45) is 5.92 Å². The van der Waals surface area contributed by atoms with Gasteiger partial charge in [-0.05, 0) is 19.3 Å². The summed E-state index contributed by atoms with van der Waals surface area (Å²) in [4.78, 5) is 22.6. The van der Waals surface area contributed by atoms with Crippen molar-refractivity contribution in [2.45, 2.75) is 39.0 Å². The standard InChI is InChI=1S/C11H20N2O2/c1-2-3-7-12-10(14)8-13-11(15)9-5-4-6-9/h9H,2-8H2,1H3,(H,12,14)(H,13,15). The van der Waals surface area contributed by atoms with E-state index in [9.17, 15) is 9.59 Å². The van der Waals surface area contributed by atoms with Gasteiger partial charge in [0, 0.05) is 12.5 Å². The summed E-state index contributed by atoms with van der Waals surface area (Å²) >= 11 is 0. The van der Waals surface area contributed by atoms with Crippen LogP contribution in [-0.4, -0.2) is 24.9 Å². The van der Waals surface area contributed by atoms with E-state index in [4.69, 9.17) is 0 Å². The van der Waals surface area contributed by atoms with Crippen LogP contribution in [0.25, 0.3) is 0 Å². The van der Waals surface area contributed by atoms with Crippen LogP contribution in [0.1, 0.15) is 39.0 Å². The van der Waals surface area contributed by atoms with Crippen LogP contribution >= 0.6 is 0 Å². The van der Waals surface area contributed by atoms with Crippen LogP contribution in [0, 0.1) is 5.92 Å². The molecule has 86 valence electrons. The molecule has 1 fully saturated rings. The first-order chi connectivity index (χ1) is 7.24. The lowest BCUT2D eigenvalue weighted by molar-refractivity contribution is -0.130. The number of hydrogen-bond donors (Lipinski definition) is 2. The Morgan fingerprint density at radius 2 is 2.00 bits per heavy atom. The third-order valence-corrected chi connectivity index (χ3v) is 2.75. The molecule has 1 rings (SSSR count). The molecule has 0 spiro atoms. The van der Waals surface area contributed by atoms with E-state index in [1.54, 1.807) is 0 Å². The lowest BCUT2D eigenvalue weighted by Crippen LogP contribution is -2.41. The minimum Gasteiger partial charge on any atom is -0.355 e. The molecular formula is C11H20N2O2. The van der Waals surface area contributed by atoms with E-state index in [0.29, 0.717) is 6.54 Å². The summed E-state index contributed by atoms with van der Waals surface area (Å²) in [6, 6.07) is 0. The number of nitrogens with one attached hydrogen (secondary N) is 2. The highest BCUT2D eigenvalue weighted by Crippen LogP contribution is 2.25.